The Kier molecular flexibility index (Phi) is 6.34. The molecule has 0 fully saturated rings. The minimum absolute atomic E-state index is 0.0609. The van der Waals surface area contributed by atoms with Crippen molar-refractivity contribution in [2.24, 2.45) is 0 Å². The van der Waals surface area contributed by atoms with Gasteiger partial charge in [-0.2, -0.15) is 0 Å². The molecule has 0 aliphatic heterocycles. The fourth-order valence-corrected chi connectivity index (χ4v) is 1.77. The molecule has 1 heterocycles. The van der Waals surface area contributed by atoms with Gasteiger partial charge in [0.2, 0.25) is 5.91 Å². The Hall–Kier alpha value is -2.11. The van der Waals surface area contributed by atoms with Crippen molar-refractivity contribution in [1.29, 1.82) is 0 Å². The van der Waals surface area contributed by atoms with Gasteiger partial charge in [-0.25, -0.2) is 4.79 Å². The smallest absolute Gasteiger partial charge is 0.408 e. The van der Waals surface area contributed by atoms with Crippen LogP contribution in [0.1, 0.15) is 45.9 Å². The van der Waals surface area contributed by atoms with Crippen molar-refractivity contribution in [1.82, 2.24) is 15.2 Å². The van der Waals surface area contributed by atoms with Crippen LogP contribution in [0.15, 0.2) is 24.4 Å². The van der Waals surface area contributed by atoms with E-state index >= 15 is 0 Å². The van der Waals surface area contributed by atoms with Crippen LogP contribution in [0.25, 0.3) is 0 Å². The highest BCUT2D eigenvalue weighted by Gasteiger charge is 2.24. The van der Waals surface area contributed by atoms with Crippen molar-refractivity contribution < 1.29 is 14.3 Å². The van der Waals surface area contributed by atoms with Crippen LogP contribution >= 0.6 is 0 Å². The number of rotatable bonds is 5. The molecule has 0 aliphatic rings. The first-order valence-corrected chi connectivity index (χ1v) is 7.37. The quantitative estimate of drug-likeness (QED) is 0.907. The monoisotopic (exact) mass is 307 g/mol. The minimum Gasteiger partial charge on any atom is -0.444 e. The topological polar surface area (TPSA) is 71.5 Å². The molecular formula is C16H25N3O3. The Bertz CT molecular complexity index is 497. The molecule has 0 saturated carbocycles. The maximum absolute atomic E-state index is 12.1. The second kappa shape index (κ2) is 7.77. The molecule has 0 bridgehead atoms. The lowest BCUT2D eigenvalue weighted by atomic mass is 10.1. The van der Waals surface area contributed by atoms with Crippen molar-refractivity contribution >= 4 is 12.0 Å². The number of ether oxygens (including phenoxy) is 1. The van der Waals surface area contributed by atoms with Gasteiger partial charge in [0.05, 0.1) is 18.2 Å². The lowest BCUT2D eigenvalue weighted by Gasteiger charge is -2.24. The average molecular weight is 307 g/mol. The summed E-state index contributed by atoms with van der Waals surface area (Å²) in [5.74, 6) is -0.0609. The van der Waals surface area contributed by atoms with Gasteiger partial charge in [-0.1, -0.05) is 6.07 Å². The molecule has 1 N–H and O–H groups in total. The van der Waals surface area contributed by atoms with E-state index in [1.54, 1.807) is 51.0 Å². The second-order valence-electron chi connectivity index (χ2n) is 6.07. The zero-order valence-corrected chi connectivity index (χ0v) is 13.9. The van der Waals surface area contributed by atoms with Gasteiger partial charge in [0.1, 0.15) is 5.60 Å². The molecule has 2 amide bonds. The Morgan fingerprint density at radius 3 is 2.55 bits per heavy atom. The van der Waals surface area contributed by atoms with Gasteiger partial charge in [0, 0.05) is 19.8 Å². The van der Waals surface area contributed by atoms with Crippen LogP contribution in [0.2, 0.25) is 0 Å². The molecular weight excluding hydrogens is 282 g/mol. The van der Waals surface area contributed by atoms with Crippen LogP contribution in [-0.4, -0.2) is 41.1 Å². The van der Waals surface area contributed by atoms with Gasteiger partial charge in [-0.15, -0.1) is 0 Å². The number of hydrogen-bond acceptors (Lipinski definition) is 4. The number of carbonyl (C=O) groups excluding carboxylic acids is 2. The molecule has 6 heteroatoms. The number of aromatic nitrogens is 1. The predicted molar refractivity (Wildman–Crippen MR) is 84.3 cm³/mol. The molecule has 0 saturated heterocycles. The van der Waals surface area contributed by atoms with E-state index < -0.39 is 17.7 Å². The van der Waals surface area contributed by atoms with Gasteiger partial charge in [0.15, 0.2) is 0 Å². The van der Waals surface area contributed by atoms with E-state index in [-0.39, 0.29) is 12.3 Å². The van der Waals surface area contributed by atoms with Crippen molar-refractivity contribution in [3.63, 3.8) is 0 Å². The van der Waals surface area contributed by atoms with Gasteiger partial charge >= 0.3 is 6.09 Å². The maximum atomic E-state index is 12.1. The largest absolute Gasteiger partial charge is 0.444 e. The average Bonchev–Trinajstić information content (AvgIpc) is 2.44. The summed E-state index contributed by atoms with van der Waals surface area (Å²) in [6.07, 6.45) is 1.21. The summed E-state index contributed by atoms with van der Waals surface area (Å²) in [6, 6.07) is 4.87. The van der Waals surface area contributed by atoms with E-state index in [1.165, 1.54) is 0 Å². The van der Waals surface area contributed by atoms with Gasteiger partial charge in [-0.3, -0.25) is 9.78 Å². The van der Waals surface area contributed by atoms with E-state index in [0.717, 1.165) is 0 Å². The third kappa shape index (κ3) is 6.11. The molecule has 122 valence electrons. The van der Waals surface area contributed by atoms with Gasteiger partial charge in [-0.05, 0) is 39.8 Å². The fourth-order valence-electron chi connectivity index (χ4n) is 1.77. The summed E-state index contributed by atoms with van der Waals surface area (Å²) >= 11 is 0. The molecule has 6 nitrogen and oxygen atoms in total. The van der Waals surface area contributed by atoms with E-state index in [2.05, 4.69) is 10.3 Å². The Morgan fingerprint density at radius 1 is 1.36 bits per heavy atom. The lowest BCUT2D eigenvalue weighted by molar-refractivity contribution is -0.130. The molecule has 1 rings (SSSR count). The Labute approximate surface area is 131 Å². The molecule has 0 spiro atoms. The van der Waals surface area contributed by atoms with Crippen LogP contribution in [0.5, 0.6) is 0 Å². The van der Waals surface area contributed by atoms with Crippen LogP contribution in [0.3, 0.4) is 0 Å². The first-order valence-electron chi connectivity index (χ1n) is 7.37. The predicted octanol–water partition coefficient (Wildman–Crippen LogP) is 2.52. The van der Waals surface area contributed by atoms with Crippen LogP contribution < -0.4 is 5.32 Å². The molecule has 22 heavy (non-hydrogen) atoms. The standard InChI is InChI=1S/C16H25N3O3/c1-6-19(5)14(20)11-13(12-9-7-8-10-17-12)18-15(21)22-16(2,3)4/h7-10,13H,6,11H2,1-5H3,(H,18,21). The first kappa shape index (κ1) is 17.9. The number of hydrogen-bond donors (Lipinski definition) is 1. The van der Waals surface area contributed by atoms with Crippen molar-refractivity contribution in [3.05, 3.63) is 30.1 Å². The number of pyridine rings is 1. The maximum Gasteiger partial charge on any atom is 0.408 e. The van der Waals surface area contributed by atoms with Crippen LogP contribution in [0.4, 0.5) is 4.79 Å². The van der Waals surface area contributed by atoms with Crippen molar-refractivity contribution in [2.45, 2.75) is 45.8 Å². The highest BCUT2D eigenvalue weighted by atomic mass is 16.6. The number of nitrogens with zero attached hydrogens (tertiary/aromatic N) is 2. The third-order valence-electron chi connectivity index (χ3n) is 3.01. The molecule has 0 radical (unpaired) electrons. The zero-order chi connectivity index (χ0) is 16.8. The third-order valence-corrected chi connectivity index (χ3v) is 3.01. The SMILES string of the molecule is CCN(C)C(=O)CC(NC(=O)OC(C)(C)C)c1ccccn1. The molecule has 1 atom stereocenters. The summed E-state index contributed by atoms with van der Waals surface area (Å²) in [5, 5.41) is 2.73. The normalized spacial score (nSPS) is 12.4. The van der Waals surface area contributed by atoms with Gasteiger partial charge in [0.25, 0.3) is 0 Å². The lowest BCUT2D eigenvalue weighted by Crippen LogP contribution is -2.38. The number of nitrogens with one attached hydrogen (secondary N) is 1. The first-order chi connectivity index (χ1) is 10.2. The summed E-state index contributed by atoms with van der Waals surface area (Å²) in [4.78, 5) is 29.9. The molecule has 1 aromatic rings. The van der Waals surface area contributed by atoms with E-state index in [0.29, 0.717) is 12.2 Å². The van der Waals surface area contributed by atoms with Crippen LogP contribution in [-0.2, 0) is 9.53 Å². The summed E-state index contributed by atoms with van der Waals surface area (Å²) in [7, 11) is 1.73. The van der Waals surface area contributed by atoms with E-state index in [9.17, 15) is 9.59 Å². The van der Waals surface area contributed by atoms with Crippen LogP contribution in [0, 0.1) is 0 Å². The Morgan fingerprint density at radius 2 is 2.05 bits per heavy atom. The highest BCUT2D eigenvalue weighted by molar-refractivity contribution is 5.77. The zero-order valence-electron chi connectivity index (χ0n) is 13.9. The molecule has 0 aliphatic carbocycles. The van der Waals surface area contributed by atoms with Crippen molar-refractivity contribution in [2.75, 3.05) is 13.6 Å². The molecule has 1 aromatic heterocycles. The summed E-state index contributed by atoms with van der Waals surface area (Å²) in [6.45, 7) is 7.88. The number of alkyl carbamates (subject to hydrolysis) is 1. The number of carbonyl (C=O) groups is 2. The number of amides is 2. The van der Waals surface area contributed by atoms with E-state index in [4.69, 9.17) is 4.74 Å². The summed E-state index contributed by atoms with van der Waals surface area (Å²) < 4.78 is 5.26. The second-order valence-corrected chi connectivity index (χ2v) is 6.07. The fraction of sp³-hybridized carbons (Fsp3) is 0.562. The summed E-state index contributed by atoms with van der Waals surface area (Å²) in [5.41, 5.74) is 0.0365. The van der Waals surface area contributed by atoms with Gasteiger partial charge < -0.3 is 15.0 Å². The Balaban J connectivity index is 2.84. The van der Waals surface area contributed by atoms with Crippen molar-refractivity contribution in [3.8, 4) is 0 Å². The van der Waals surface area contributed by atoms with E-state index in [1.807, 2.05) is 13.0 Å². The molecule has 1 unspecified atom stereocenters. The molecule has 0 aromatic carbocycles. The minimum atomic E-state index is -0.594. The highest BCUT2D eigenvalue weighted by Crippen LogP contribution is 2.17.